The second-order valence-electron chi connectivity index (χ2n) is 5.75. The van der Waals surface area contributed by atoms with E-state index in [4.69, 9.17) is 5.73 Å². The standard InChI is InChI=1S/C18H16N4O/c19-17-12-6-2-1-5-11(12)9-15(17)22-18(23)16-10-20-13-7-3-4-8-14(13)21-16/h1-8,10,15,17H,9,19H2,(H,22,23)/t15-,17-/m1/s1. The van der Waals surface area contributed by atoms with E-state index in [-0.39, 0.29) is 18.0 Å². The van der Waals surface area contributed by atoms with Gasteiger partial charge in [0, 0.05) is 0 Å². The zero-order valence-corrected chi connectivity index (χ0v) is 12.4. The Hall–Kier alpha value is -2.79. The van der Waals surface area contributed by atoms with Crippen molar-refractivity contribution in [3.63, 3.8) is 0 Å². The number of fused-ring (bicyclic) bond motifs is 2. The number of benzene rings is 2. The largest absolute Gasteiger partial charge is 0.346 e. The molecular formula is C18H16N4O. The lowest BCUT2D eigenvalue weighted by atomic mass is 10.1. The van der Waals surface area contributed by atoms with Crippen LogP contribution in [0.3, 0.4) is 0 Å². The summed E-state index contributed by atoms with van der Waals surface area (Å²) in [7, 11) is 0. The third-order valence-corrected chi connectivity index (χ3v) is 4.29. The molecule has 23 heavy (non-hydrogen) atoms. The third kappa shape index (κ3) is 2.45. The first-order chi connectivity index (χ1) is 11.2. The Morgan fingerprint density at radius 1 is 1.09 bits per heavy atom. The molecule has 0 unspecified atom stereocenters. The number of carbonyl (C=O) groups excluding carboxylic acids is 1. The molecule has 1 amide bonds. The van der Waals surface area contributed by atoms with Crippen LogP contribution in [-0.2, 0) is 6.42 Å². The molecule has 0 saturated carbocycles. The van der Waals surface area contributed by atoms with Gasteiger partial charge in [0.05, 0.1) is 29.3 Å². The molecule has 0 bridgehead atoms. The molecule has 2 atom stereocenters. The van der Waals surface area contributed by atoms with E-state index in [9.17, 15) is 4.79 Å². The minimum Gasteiger partial charge on any atom is -0.346 e. The van der Waals surface area contributed by atoms with Crippen molar-refractivity contribution in [3.8, 4) is 0 Å². The van der Waals surface area contributed by atoms with Crippen molar-refractivity contribution < 1.29 is 4.79 Å². The molecule has 0 fully saturated rings. The number of nitrogens with one attached hydrogen (secondary N) is 1. The molecule has 0 radical (unpaired) electrons. The van der Waals surface area contributed by atoms with Crippen LogP contribution in [0.5, 0.6) is 0 Å². The highest BCUT2D eigenvalue weighted by molar-refractivity contribution is 5.94. The highest BCUT2D eigenvalue weighted by atomic mass is 16.2. The van der Waals surface area contributed by atoms with Crippen LogP contribution in [0.25, 0.3) is 11.0 Å². The summed E-state index contributed by atoms with van der Waals surface area (Å²) in [4.78, 5) is 21.1. The number of nitrogens with two attached hydrogens (primary N) is 1. The summed E-state index contributed by atoms with van der Waals surface area (Å²) in [6.45, 7) is 0. The smallest absolute Gasteiger partial charge is 0.271 e. The first-order valence-corrected chi connectivity index (χ1v) is 7.58. The van der Waals surface area contributed by atoms with E-state index in [0.717, 1.165) is 17.5 Å². The number of para-hydroxylation sites is 2. The molecule has 0 aliphatic heterocycles. The summed E-state index contributed by atoms with van der Waals surface area (Å²) >= 11 is 0. The van der Waals surface area contributed by atoms with Crippen molar-refractivity contribution in [1.29, 1.82) is 0 Å². The molecule has 5 nitrogen and oxygen atoms in total. The van der Waals surface area contributed by atoms with Gasteiger partial charge in [-0.15, -0.1) is 0 Å². The lowest BCUT2D eigenvalue weighted by Gasteiger charge is -2.17. The van der Waals surface area contributed by atoms with Gasteiger partial charge in [0.2, 0.25) is 0 Å². The fourth-order valence-electron chi connectivity index (χ4n) is 3.08. The van der Waals surface area contributed by atoms with Gasteiger partial charge in [-0.2, -0.15) is 0 Å². The van der Waals surface area contributed by atoms with Crippen LogP contribution in [0.15, 0.2) is 54.7 Å². The number of aromatic nitrogens is 2. The maximum absolute atomic E-state index is 12.5. The molecule has 3 N–H and O–H groups in total. The average molecular weight is 304 g/mol. The van der Waals surface area contributed by atoms with Crippen molar-refractivity contribution in [2.24, 2.45) is 5.73 Å². The van der Waals surface area contributed by atoms with E-state index in [1.165, 1.54) is 11.8 Å². The normalized spacial score (nSPS) is 19.5. The van der Waals surface area contributed by atoms with Gasteiger partial charge in [0.15, 0.2) is 0 Å². The summed E-state index contributed by atoms with van der Waals surface area (Å²) < 4.78 is 0. The minimum absolute atomic E-state index is 0.117. The van der Waals surface area contributed by atoms with Crippen molar-refractivity contribution in [3.05, 3.63) is 71.5 Å². The fourth-order valence-corrected chi connectivity index (χ4v) is 3.08. The Kier molecular flexibility index (Phi) is 3.28. The number of nitrogens with zero attached hydrogens (tertiary/aromatic N) is 2. The molecule has 2 aromatic carbocycles. The Morgan fingerprint density at radius 2 is 1.83 bits per heavy atom. The minimum atomic E-state index is -0.239. The molecule has 3 aromatic rings. The van der Waals surface area contributed by atoms with Crippen LogP contribution in [-0.4, -0.2) is 21.9 Å². The molecule has 0 spiro atoms. The summed E-state index contributed by atoms with van der Waals surface area (Å²) in [5, 5.41) is 2.99. The van der Waals surface area contributed by atoms with Crippen LogP contribution in [0.2, 0.25) is 0 Å². The molecule has 1 aliphatic carbocycles. The summed E-state index contributed by atoms with van der Waals surface area (Å²) in [6.07, 6.45) is 2.25. The molecular weight excluding hydrogens is 288 g/mol. The lowest BCUT2D eigenvalue weighted by Crippen LogP contribution is -2.41. The first kappa shape index (κ1) is 13.8. The highest BCUT2D eigenvalue weighted by Crippen LogP contribution is 2.29. The average Bonchev–Trinajstić information content (AvgIpc) is 2.91. The zero-order valence-electron chi connectivity index (χ0n) is 12.4. The molecule has 114 valence electrons. The predicted molar refractivity (Wildman–Crippen MR) is 87.9 cm³/mol. The van der Waals surface area contributed by atoms with Gasteiger partial charge >= 0.3 is 0 Å². The summed E-state index contributed by atoms with van der Waals surface area (Å²) in [5.41, 5.74) is 10.3. The van der Waals surface area contributed by atoms with E-state index >= 15 is 0 Å². The van der Waals surface area contributed by atoms with Crippen LogP contribution in [0.1, 0.15) is 27.7 Å². The van der Waals surface area contributed by atoms with Crippen LogP contribution >= 0.6 is 0 Å². The SMILES string of the molecule is N[C@@H]1c2ccccc2C[C@H]1NC(=O)c1cnc2ccccc2n1. The van der Waals surface area contributed by atoms with Gasteiger partial charge in [-0.1, -0.05) is 36.4 Å². The van der Waals surface area contributed by atoms with Crippen molar-refractivity contribution >= 4 is 16.9 Å². The Balaban J connectivity index is 1.56. The van der Waals surface area contributed by atoms with Gasteiger partial charge in [-0.3, -0.25) is 9.78 Å². The van der Waals surface area contributed by atoms with Crippen LogP contribution in [0, 0.1) is 0 Å². The molecule has 0 saturated heterocycles. The van der Waals surface area contributed by atoms with Gasteiger partial charge in [0.1, 0.15) is 5.69 Å². The first-order valence-electron chi connectivity index (χ1n) is 7.58. The second-order valence-corrected chi connectivity index (χ2v) is 5.75. The molecule has 5 heteroatoms. The number of rotatable bonds is 2. The maximum atomic E-state index is 12.5. The van der Waals surface area contributed by atoms with Crippen LogP contribution < -0.4 is 11.1 Å². The van der Waals surface area contributed by atoms with E-state index < -0.39 is 0 Å². The Morgan fingerprint density at radius 3 is 2.65 bits per heavy atom. The van der Waals surface area contributed by atoms with E-state index in [1.807, 2.05) is 42.5 Å². The second kappa shape index (κ2) is 5.44. The fraction of sp³-hybridized carbons (Fsp3) is 0.167. The van der Waals surface area contributed by atoms with Crippen molar-refractivity contribution in [2.45, 2.75) is 18.5 Å². The monoisotopic (exact) mass is 304 g/mol. The topological polar surface area (TPSA) is 80.9 Å². The quantitative estimate of drug-likeness (QED) is 0.758. The predicted octanol–water partition coefficient (Wildman–Crippen LogP) is 1.98. The third-order valence-electron chi connectivity index (χ3n) is 4.29. The number of amides is 1. The zero-order chi connectivity index (χ0) is 15.8. The number of hydrogen-bond donors (Lipinski definition) is 2. The molecule has 1 aromatic heterocycles. The van der Waals surface area contributed by atoms with E-state index in [2.05, 4.69) is 21.4 Å². The van der Waals surface area contributed by atoms with Crippen molar-refractivity contribution in [2.75, 3.05) is 0 Å². The lowest BCUT2D eigenvalue weighted by molar-refractivity contribution is 0.0928. The molecule has 4 rings (SSSR count). The number of carbonyl (C=O) groups is 1. The van der Waals surface area contributed by atoms with Gasteiger partial charge in [-0.25, -0.2) is 4.98 Å². The van der Waals surface area contributed by atoms with Crippen LogP contribution in [0.4, 0.5) is 0 Å². The van der Waals surface area contributed by atoms with E-state index in [1.54, 1.807) is 0 Å². The molecule has 1 aliphatic rings. The molecule has 1 heterocycles. The highest BCUT2D eigenvalue weighted by Gasteiger charge is 2.30. The van der Waals surface area contributed by atoms with Gasteiger partial charge < -0.3 is 11.1 Å². The van der Waals surface area contributed by atoms with Gasteiger partial charge in [-0.05, 0) is 29.7 Å². The Labute approximate surface area is 133 Å². The van der Waals surface area contributed by atoms with Gasteiger partial charge in [0.25, 0.3) is 5.91 Å². The summed E-state index contributed by atoms with van der Waals surface area (Å²) in [5.74, 6) is -0.239. The van der Waals surface area contributed by atoms with Crippen molar-refractivity contribution in [1.82, 2.24) is 15.3 Å². The van der Waals surface area contributed by atoms with E-state index in [0.29, 0.717) is 11.2 Å². The Bertz CT molecular complexity index is 893. The number of hydrogen-bond acceptors (Lipinski definition) is 4. The maximum Gasteiger partial charge on any atom is 0.271 e. The summed E-state index contributed by atoms with van der Waals surface area (Å²) in [6, 6.07) is 15.2.